The van der Waals surface area contributed by atoms with Gasteiger partial charge in [0.2, 0.25) is 0 Å². The average molecular weight is 262 g/mol. The first-order valence-electron chi connectivity index (χ1n) is 7.45. The lowest BCUT2D eigenvalue weighted by atomic mass is 9.84. The maximum atomic E-state index is 10.0. The summed E-state index contributed by atoms with van der Waals surface area (Å²) in [5.41, 5.74) is 0.840. The van der Waals surface area contributed by atoms with Gasteiger partial charge in [-0.3, -0.25) is 0 Å². The molecule has 2 rings (SSSR count). The Morgan fingerprint density at radius 2 is 1.84 bits per heavy atom. The summed E-state index contributed by atoms with van der Waals surface area (Å²) < 4.78 is 5.88. The third kappa shape index (κ3) is 4.45. The first-order chi connectivity index (χ1) is 8.94. The molecule has 1 N–H and O–H groups in total. The van der Waals surface area contributed by atoms with Gasteiger partial charge in [0, 0.05) is 0 Å². The molecule has 1 aliphatic carbocycles. The van der Waals surface area contributed by atoms with Crippen LogP contribution in [-0.2, 0) is 6.42 Å². The van der Waals surface area contributed by atoms with Crippen LogP contribution in [0.4, 0.5) is 0 Å². The number of benzene rings is 1. The van der Waals surface area contributed by atoms with E-state index in [0.717, 1.165) is 23.7 Å². The van der Waals surface area contributed by atoms with Gasteiger partial charge in [0.05, 0.1) is 0 Å². The van der Waals surface area contributed by atoms with Crippen LogP contribution in [0.15, 0.2) is 18.2 Å². The van der Waals surface area contributed by atoms with Gasteiger partial charge in [-0.1, -0.05) is 32.1 Å². The minimum Gasteiger partial charge on any atom is -0.508 e. The Bertz CT molecular complexity index is 412. The van der Waals surface area contributed by atoms with Gasteiger partial charge < -0.3 is 9.84 Å². The molecule has 0 amide bonds. The third-order valence-corrected chi connectivity index (χ3v) is 3.71. The Kier molecular flexibility index (Phi) is 4.38. The van der Waals surface area contributed by atoms with E-state index in [9.17, 15) is 5.11 Å². The predicted molar refractivity (Wildman–Crippen MR) is 78.8 cm³/mol. The van der Waals surface area contributed by atoms with E-state index in [1.165, 1.54) is 32.1 Å². The molecule has 1 fully saturated rings. The number of phenolic OH excluding ortho intramolecular Hbond substituents is 1. The molecule has 19 heavy (non-hydrogen) atoms. The Morgan fingerprint density at radius 1 is 1.16 bits per heavy atom. The maximum Gasteiger partial charge on any atom is 0.120 e. The lowest BCUT2D eigenvalue weighted by molar-refractivity contribution is 0.130. The van der Waals surface area contributed by atoms with Gasteiger partial charge in [-0.15, -0.1) is 0 Å². The molecule has 0 unspecified atom stereocenters. The summed E-state index contributed by atoms with van der Waals surface area (Å²) in [6.07, 6.45) is 7.61. The summed E-state index contributed by atoms with van der Waals surface area (Å²) in [5, 5.41) is 10.0. The molecule has 0 saturated heterocycles. The number of hydrogen-bond acceptors (Lipinski definition) is 2. The Hall–Kier alpha value is -1.18. The van der Waals surface area contributed by atoms with Crippen molar-refractivity contribution in [2.75, 3.05) is 0 Å². The molecule has 1 saturated carbocycles. The molecule has 0 aliphatic heterocycles. The van der Waals surface area contributed by atoms with Gasteiger partial charge in [0.15, 0.2) is 0 Å². The lowest BCUT2D eigenvalue weighted by Crippen LogP contribution is -2.23. The van der Waals surface area contributed by atoms with Crippen molar-refractivity contribution in [2.24, 2.45) is 5.92 Å². The van der Waals surface area contributed by atoms with Crippen molar-refractivity contribution in [1.29, 1.82) is 0 Å². The van der Waals surface area contributed by atoms with E-state index >= 15 is 0 Å². The van der Waals surface area contributed by atoms with Crippen molar-refractivity contribution < 1.29 is 9.84 Å². The summed E-state index contributed by atoms with van der Waals surface area (Å²) in [5.74, 6) is 1.99. The molecule has 1 aromatic carbocycles. The molecular weight excluding hydrogens is 236 g/mol. The standard InChI is InChI=1S/C17H26O2/c1-17(2,3)19-15-9-10-16(18)14(12-15)11-13-7-5-4-6-8-13/h9-10,12-13,18H,4-8,11H2,1-3H3. The van der Waals surface area contributed by atoms with E-state index in [1.807, 2.05) is 32.9 Å². The molecule has 0 bridgehead atoms. The smallest absolute Gasteiger partial charge is 0.120 e. The van der Waals surface area contributed by atoms with Crippen LogP contribution in [-0.4, -0.2) is 10.7 Å². The van der Waals surface area contributed by atoms with Gasteiger partial charge in [-0.05, 0) is 56.9 Å². The highest BCUT2D eigenvalue weighted by Crippen LogP contribution is 2.32. The van der Waals surface area contributed by atoms with Gasteiger partial charge in [0.25, 0.3) is 0 Å². The fourth-order valence-corrected chi connectivity index (χ4v) is 2.84. The zero-order valence-corrected chi connectivity index (χ0v) is 12.4. The average Bonchev–Trinajstić information content (AvgIpc) is 2.33. The van der Waals surface area contributed by atoms with Crippen LogP contribution in [0.1, 0.15) is 58.4 Å². The predicted octanol–water partition coefficient (Wildman–Crippen LogP) is 4.69. The maximum absolute atomic E-state index is 10.0. The minimum atomic E-state index is -0.195. The van der Waals surface area contributed by atoms with E-state index in [0.29, 0.717) is 5.75 Å². The first-order valence-corrected chi connectivity index (χ1v) is 7.45. The second kappa shape index (κ2) is 5.85. The Morgan fingerprint density at radius 3 is 2.47 bits per heavy atom. The highest BCUT2D eigenvalue weighted by atomic mass is 16.5. The third-order valence-electron chi connectivity index (χ3n) is 3.71. The van der Waals surface area contributed by atoms with Crippen molar-refractivity contribution in [1.82, 2.24) is 0 Å². The van der Waals surface area contributed by atoms with E-state index in [1.54, 1.807) is 6.07 Å². The molecule has 106 valence electrons. The zero-order valence-electron chi connectivity index (χ0n) is 12.4. The van der Waals surface area contributed by atoms with E-state index in [-0.39, 0.29) is 5.60 Å². The molecule has 0 radical (unpaired) electrons. The van der Waals surface area contributed by atoms with Crippen molar-refractivity contribution in [3.63, 3.8) is 0 Å². The fourth-order valence-electron chi connectivity index (χ4n) is 2.84. The summed E-state index contributed by atoms with van der Waals surface area (Å²) in [6, 6.07) is 5.62. The molecule has 2 nitrogen and oxygen atoms in total. The quantitative estimate of drug-likeness (QED) is 0.856. The SMILES string of the molecule is CC(C)(C)Oc1ccc(O)c(CC2CCCCC2)c1. The number of rotatable bonds is 3. The highest BCUT2D eigenvalue weighted by molar-refractivity contribution is 5.39. The van der Waals surface area contributed by atoms with E-state index in [4.69, 9.17) is 4.74 Å². The molecule has 0 aromatic heterocycles. The molecular formula is C17H26O2. The minimum absolute atomic E-state index is 0.195. The fraction of sp³-hybridized carbons (Fsp3) is 0.647. The van der Waals surface area contributed by atoms with Crippen molar-refractivity contribution >= 4 is 0 Å². The van der Waals surface area contributed by atoms with Crippen LogP contribution in [0, 0.1) is 5.92 Å². The first kappa shape index (κ1) is 14.2. The van der Waals surface area contributed by atoms with Crippen LogP contribution in [0.3, 0.4) is 0 Å². The summed E-state index contributed by atoms with van der Waals surface area (Å²) in [6.45, 7) is 6.13. The molecule has 2 heteroatoms. The Balaban J connectivity index is 2.08. The summed E-state index contributed by atoms with van der Waals surface area (Å²) in [7, 11) is 0. The van der Waals surface area contributed by atoms with Crippen LogP contribution in [0.2, 0.25) is 0 Å². The molecule has 0 spiro atoms. The number of aromatic hydroxyl groups is 1. The molecule has 1 aliphatic rings. The van der Waals surface area contributed by atoms with Crippen LogP contribution in [0.25, 0.3) is 0 Å². The normalized spacial score (nSPS) is 17.4. The van der Waals surface area contributed by atoms with Crippen LogP contribution in [0.5, 0.6) is 11.5 Å². The van der Waals surface area contributed by atoms with Gasteiger partial charge >= 0.3 is 0 Å². The van der Waals surface area contributed by atoms with Crippen molar-refractivity contribution in [3.8, 4) is 11.5 Å². The molecule has 0 heterocycles. The second-order valence-corrected chi connectivity index (χ2v) is 6.71. The topological polar surface area (TPSA) is 29.5 Å². The van der Waals surface area contributed by atoms with Gasteiger partial charge in [0.1, 0.15) is 17.1 Å². The zero-order chi connectivity index (χ0) is 13.9. The van der Waals surface area contributed by atoms with Gasteiger partial charge in [-0.2, -0.15) is 0 Å². The van der Waals surface area contributed by atoms with Crippen LogP contribution < -0.4 is 4.74 Å². The lowest BCUT2D eigenvalue weighted by Gasteiger charge is -2.24. The Labute approximate surface area is 116 Å². The summed E-state index contributed by atoms with van der Waals surface area (Å²) in [4.78, 5) is 0. The largest absolute Gasteiger partial charge is 0.508 e. The van der Waals surface area contributed by atoms with E-state index in [2.05, 4.69) is 0 Å². The van der Waals surface area contributed by atoms with E-state index < -0.39 is 0 Å². The number of hydrogen-bond donors (Lipinski definition) is 1. The van der Waals surface area contributed by atoms with Crippen molar-refractivity contribution in [2.45, 2.75) is 64.9 Å². The number of phenols is 1. The highest BCUT2D eigenvalue weighted by Gasteiger charge is 2.17. The van der Waals surface area contributed by atoms with Gasteiger partial charge in [-0.25, -0.2) is 0 Å². The number of ether oxygens (including phenoxy) is 1. The van der Waals surface area contributed by atoms with Crippen molar-refractivity contribution in [3.05, 3.63) is 23.8 Å². The monoisotopic (exact) mass is 262 g/mol. The molecule has 1 aromatic rings. The molecule has 0 atom stereocenters. The second-order valence-electron chi connectivity index (χ2n) is 6.71. The van der Waals surface area contributed by atoms with Crippen LogP contribution >= 0.6 is 0 Å². The summed E-state index contributed by atoms with van der Waals surface area (Å²) >= 11 is 0.